The predicted octanol–water partition coefficient (Wildman–Crippen LogP) is 3.61. The molecule has 0 spiro atoms. The van der Waals surface area contributed by atoms with Crippen LogP contribution < -0.4 is 0 Å². The Morgan fingerprint density at radius 3 is 2.64 bits per heavy atom. The van der Waals surface area contributed by atoms with Gasteiger partial charge in [-0.25, -0.2) is 0 Å². The van der Waals surface area contributed by atoms with E-state index >= 15 is 0 Å². The molecule has 0 atom stereocenters. The molecule has 0 aliphatic heterocycles. The van der Waals surface area contributed by atoms with E-state index in [9.17, 15) is 0 Å². The Kier molecular flexibility index (Phi) is 3.86. The van der Waals surface area contributed by atoms with Gasteiger partial charge in [-0.05, 0) is 32.2 Å². The van der Waals surface area contributed by atoms with E-state index in [2.05, 4.69) is 30.8 Å². The second-order valence-corrected chi connectivity index (χ2v) is 3.05. The molecule has 1 aromatic carbocycles. The van der Waals surface area contributed by atoms with Gasteiger partial charge in [0.1, 0.15) is 0 Å². The van der Waals surface area contributed by atoms with E-state index in [4.69, 9.17) is 0 Å². The van der Waals surface area contributed by atoms with Gasteiger partial charge in [-0.3, -0.25) is 4.99 Å². The third kappa shape index (κ3) is 2.43. The minimum atomic E-state index is 0.918. The van der Waals surface area contributed by atoms with Crippen LogP contribution in [-0.4, -0.2) is 6.72 Å². The molecular formula is C13H15N. The number of allylic oxidation sites excluding steroid dienone is 3. The van der Waals surface area contributed by atoms with Gasteiger partial charge in [0, 0.05) is 5.56 Å². The summed E-state index contributed by atoms with van der Waals surface area (Å²) in [6.45, 7) is 7.63. The quantitative estimate of drug-likeness (QED) is 0.504. The second kappa shape index (κ2) is 5.18. The molecule has 72 valence electrons. The molecule has 0 amide bonds. The van der Waals surface area contributed by atoms with E-state index in [1.165, 1.54) is 5.56 Å². The lowest BCUT2D eigenvalue weighted by molar-refractivity contribution is 1.39. The lowest BCUT2D eigenvalue weighted by Gasteiger charge is -2.04. The molecule has 14 heavy (non-hydrogen) atoms. The van der Waals surface area contributed by atoms with Gasteiger partial charge < -0.3 is 0 Å². The Morgan fingerprint density at radius 2 is 2.07 bits per heavy atom. The molecule has 0 bridgehead atoms. The summed E-state index contributed by atoms with van der Waals surface area (Å²) < 4.78 is 0. The maximum atomic E-state index is 4.02. The fourth-order valence-corrected chi connectivity index (χ4v) is 1.28. The van der Waals surface area contributed by atoms with Crippen LogP contribution in [0, 0.1) is 6.92 Å². The van der Waals surface area contributed by atoms with Crippen molar-refractivity contribution in [3.8, 4) is 0 Å². The summed E-state index contributed by atoms with van der Waals surface area (Å²) in [7, 11) is 0. The number of aliphatic imine (C=N–C) groups is 1. The maximum absolute atomic E-state index is 4.02. The van der Waals surface area contributed by atoms with Crippen LogP contribution in [0.1, 0.15) is 18.1 Å². The Bertz CT molecular complexity index is 373. The monoisotopic (exact) mass is 185 g/mol. The molecular weight excluding hydrogens is 170 g/mol. The summed E-state index contributed by atoms with van der Waals surface area (Å²) in [4.78, 5) is 4.02. The van der Waals surface area contributed by atoms with Gasteiger partial charge in [-0.2, -0.15) is 0 Å². The van der Waals surface area contributed by atoms with Crippen LogP contribution in [0.2, 0.25) is 0 Å². The number of benzene rings is 1. The minimum absolute atomic E-state index is 0.918. The van der Waals surface area contributed by atoms with Crippen molar-refractivity contribution in [2.24, 2.45) is 4.99 Å². The van der Waals surface area contributed by atoms with Crippen LogP contribution in [0.15, 0.2) is 47.5 Å². The summed E-state index contributed by atoms with van der Waals surface area (Å²) in [6, 6.07) is 8.16. The van der Waals surface area contributed by atoms with E-state index < -0.39 is 0 Å². The molecule has 0 aromatic heterocycles. The van der Waals surface area contributed by atoms with Gasteiger partial charge in [-0.15, -0.1) is 0 Å². The summed E-state index contributed by atoms with van der Waals surface area (Å²) in [5.41, 5.74) is 3.28. The Balaban J connectivity index is 3.13. The number of hydrogen-bond donors (Lipinski definition) is 0. The highest BCUT2D eigenvalue weighted by Crippen LogP contribution is 2.19. The SMILES string of the molecule is C=N/C(=C\C=C/C)c1ccccc1C. The third-order valence-corrected chi connectivity index (χ3v) is 2.04. The number of nitrogens with zero attached hydrogens (tertiary/aromatic N) is 1. The van der Waals surface area contributed by atoms with Crippen molar-refractivity contribution in [2.75, 3.05) is 0 Å². The fourth-order valence-electron chi connectivity index (χ4n) is 1.28. The standard InChI is InChI=1S/C13H15N/c1-4-5-10-13(14-3)12-9-7-6-8-11(12)2/h4-10H,3H2,1-2H3/b5-4-,13-10-. The van der Waals surface area contributed by atoms with E-state index in [1.807, 2.05) is 37.3 Å². The highest BCUT2D eigenvalue weighted by atomic mass is 14.7. The summed E-state index contributed by atoms with van der Waals surface area (Å²) >= 11 is 0. The third-order valence-electron chi connectivity index (χ3n) is 2.04. The van der Waals surface area contributed by atoms with Crippen LogP contribution in [0.4, 0.5) is 0 Å². The van der Waals surface area contributed by atoms with Crippen LogP contribution in [0.25, 0.3) is 5.70 Å². The van der Waals surface area contributed by atoms with Crippen LogP contribution in [0.5, 0.6) is 0 Å². The van der Waals surface area contributed by atoms with Crippen molar-refractivity contribution in [1.29, 1.82) is 0 Å². The molecule has 0 aliphatic carbocycles. The van der Waals surface area contributed by atoms with Gasteiger partial charge in [0.15, 0.2) is 0 Å². The lowest BCUT2D eigenvalue weighted by Crippen LogP contribution is -1.84. The zero-order valence-electron chi connectivity index (χ0n) is 8.70. The van der Waals surface area contributed by atoms with Gasteiger partial charge in [0.2, 0.25) is 0 Å². The number of aryl methyl sites for hydroxylation is 1. The topological polar surface area (TPSA) is 12.4 Å². The Morgan fingerprint density at radius 1 is 1.36 bits per heavy atom. The largest absolute Gasteiger partial charge is 0.264 e. The predicted molar refractivity (Wildman–Crippen MR) is 63.5 cm³/mol. The van der Waals surface area contributed by atoms with Crippen molar-refractivity contribution < 1.29 is 0 Å². The molecule has 0 aliphatic rings. The highest BCUT2D eigenvalue weighted by molar-refractivity contribution is 5.71. The molecule has 0 saturated carbocycles. The molecule has 0 saturated heterocycles. The first-order chi connectivity index (χ1) is 6.79. The zero-order chi connectivity index (χ0) is 10.4. The van der Waals surface area contributed by atoms with Crippen molar-refractivity contribution in [2.45, 2.75) is 13.8 Å². The molecule has 1 heteroatoms. The van der Waals surface area contributed by atoms with E-state index in [1.54, 1.807) is 0 Å². The first kappa shape index (κ1) is 10.5. The van der Waals surface area contributed by atoms with Gasteiger partial charge in [0.05, 0.1) is 5.70 Å². The van der Waals surface area contributed by atoms with E-state index in [0.717, 1.165) is 11.3 Å². The molecule has 0 heterocycles. The van der Waals surface area contributed by atoms with Crippen LogP contribution >= 0.6 is 0 Å². The summed E-state index contributed by atoms with van der Waals surface area (Å²) in [5.74, 6) is 0. The van der Waals surface area contributed by atoms with Crippen LogP contribution in [-0.2, 0) is 0 Å². The molecule has 0 unspecified atom stereocenters. The maximum Gasteiger partial charge on any atom is 0.0697 e. The molecule has 1 aromatic rings. The summed E-state index contributed by atoms with van der Waals surface area (Å²) in [6.07, 6.45) is 5.91. The van der Waals surface area contributed by atoms with Gasteiger partial charge in [0.25, 0.3) is 0 Å². The average molecular weight is 185 g/mol. The minimum Gasteiger partial charge on any atom is -0.264 e. The van der Waals surface area contributed by atoms with Gasteiger partial charge >= 0.3 is 0 Å². The molecule has 0 fully saturated rings. The number of hydrogen-bond acceptors (Lipinski definition) is 1. The normalized spacial score (nSPS) is 12.0. The molecule has 0 N–H and O–H groups in total. The second-order valence-electron chi connectivity index (χ2n) is 3.05. The number of rotatable bonds is 3. The molecule has 1 rings (SSSR count). The molecule has 1 nitrogen and oxygen atoms in total. The van der Waals surface area contributed by atoms with Gasteiger partial charge in [-0.1, -0.05) is 36.4 Å². The van der Waals surface area contributed by atoms with Crippen molar-refractivity contribution in [3.63, 3.8) is 0 Å². The zero-order valence-corrected chi connectivity index (χ0v) is 8.70. The van der Waals surface area contributed by atoms with Crippen molar-refractivity contribution in [3.05, 3.63) is 53.6 Å². The summed E-state index contributed by atoms with van der Waals surface area (Å²) in [5, 5.41) is 0. The molecule has 0 radical (unpaired) electrons. The average Bonchev–Trinajstić information content (AvgIpc) is 2.21. The Hall–Kier alpha value is -1.63. The van der Waals surface area contributed by atoms with Crippen molar-refractivity contribution >= 4 is 12.4 Å². The Labute approximate surface area is 85.5 Å². The van der Waals surface area contributed by atoms with Crippen molar-refractivity contribution in [1.82, 2.24) is 0 Å². The highest BCUT2D eigenvalue weighted by Gasteiger charge is 1.99. The fraction of sp³-hybridized carbons (Fsp3) is 0.154. The first-order valence-corrected chi connectivity index (χ1v) is 4.65. The lowest BCUT2D eigenvalue weighted by atomic mass is 10.1. The van der Waals surface area contributed by atoms with E-state index in [0.29, 0.717) is 0 Å². The van der Waals surface area contributed by atoms with E-state index in [-0.39, 0.29) is 0 Å². The smallest absolute Gasteiger partial charge is 0.0697 e. The first-order valence-electron chi connectivity index (χ1n) is 4.65. The van der Waals surface area contributed by atoms with Crippen LogP contribution in [0.3, 0.4) is 0 Å².